The van der Waals surface area contributed by atoms with Crippen LogP contribution in [0.4, 0.5) is 0 Å². The second kappa shape index (κ2) is 5.64. The molecule has 1 N–H and O–H groups in total. The topological polar surface area (TPSA) is 34.2 Å². The van der Waals surface area contributed by atoms with Crippen LogP contribution >= 0.6 is 11.3 Å². The molecule has 3 unspecified atom stereocenters. The number of hydrogen-bond acceptors (Lipinski definition) is 4. The largest absolute Gasteiger partial charge is 0.376 e. The molecule has 1 aromatic heterocycles. The van der Waals surface area contributed by atoms with Crippen molar-refractivity contribution in [3.05, 3.63) is 15.6 Å². The van der Waals surface area contributed by atoms with Crippen molar-refractivity contribution < 1.29 is 4.74 Å². The Hall–Kier alpha value is -0.450. The minimum atomic E-state index is 0.139. The van der Waals surface area contributed by atoms with Gasteiger partial charge >= 0.3 is 0 Å². The predicted octanol–water partition coefficient (Wildman–Crippen LogP) is 3.97. The Labute approximate surface area is 132 Å². The summed E-state index contributed by atoms with van der Waals surface area (Å²) in [6, 6.07) is 0.888. The van der Waals surface area contributed by atoms with E-state index in [2.05, 4.69) is 39.9 Å². The third kappa shape index (κ3) is 3.33. The van der Waals surface area contributed by atoms with Crippen LogP contribution in [0.5, 0.6) is 0 Å². The highest BCUT2D eigenvalue weighted by atomic mass is 32.1. The number of aryl methyl sites for hydroxylation is 1. The van der Waals surface area contributed by atoms with Crippen molar-refractivity contribution in [2.45, 2.75) is 77.5 Å². The number of hydrogen-bond donors (Lipinski definition) is 1. The average Bonchev–Trinajstić information content (AvgIpc) is 2.99. The molecule has 0 radical (unpaired) electrons. The molecule has 0 aromatic carbocycles. The van der Waals surface area contributed by atoms with Gasteiger partial charge in [-0.2, -0.15) is 0 Å². The average molecular weight is 308 g/mol. The predicted molar refractivity (Wildman–Crippen MR) is 88.0 cm³/mol. The Morgan fingerprint density at radius 3 is 2.57 bits per heavy atom. The lowest BCUT2D eigenvalue weighted by Gasteiger charge is -2.23. The van der Waals surface area contributed by atoms with E-state index in [0.717, 1.165) is 18.9 Å². The summed E-state index contributed by atoms with van der Waals surface area (Å²) in [6.45, 7) is 12.0. The highest BCUT2D eigenvalue weighted by Crippen LogP contribution is 2.40. The monoisotopic (exact) mass is 308 g/mol. The number of nitrogens with one attached hydrogen (secondary N) is 1. The van der Waals surface area contributed by atoms with E-state index in [1.807, 2.05) is 11.3 Å². The van der Waals surface area contributed by atoms with Gasteiger partial charge in [0.2, 0.25) is 0 Å². The Kier molecular flexibility index (Phi) is 4.15. The van der Waals surface area contributed by atoms with Gasteiger partial charge in [0.05, 0.1) is 16.8 Å². The van der Waals surface area contributed by atoms with Crippen LogP contribution < -0.4 is 5.32 Å². The summed E-state index contributed by atoms with van der Waals surface area (Å²) in [6.07, 6.45) is 4.30. The summed E-state index contributed by atoms with van der Waals surface area (Å²) in [5.41, 5.74) is 1.33. The maximum Gasteiger partial charge on any atom is 0.0985 e. The molecule has 1 saturated carbocycles. The molecule has 0 amide bonds. The van der Waals surface area contributed by atoms with Crippen LogP contribution in [-0.4, -0.2) is 23.7 Å². The van der Waals surface area contributed by atoms with Crippen LogP contribution in [0, 0.1) is 12.8 Å². The smallest absolute Gasteiger partial charge is 0.0985 e. The lowest BCUT2D eigenvalue weighted by atomic mass is 9.98. The van der Waals surface area contributed by atoms with Crippen molar-refractivity contribution in [2.24, 2.45) is 5.92 Å². The van der Waals surface area contributed by atoms with Crippen LogP contribution in [0.1, 0.15) is 68.6 Å². The van der Waals surface area contributed by atoms with Gasteiger partial charge in [0.25, 0.3) is 0 Å². The Morgan fingerprint density at radius 2 is 2.00 bits per heavy atom. The second-order valence-corrected chi connectivity index (χ2v) is 8.71. The maximum atomic E-state index is 5.94. The number of nitrogens with zero attached hydrogens (tertiary/aromatic N) is 1. The molecule has 0 bridgehead atoms. The second-order valence-electron chi connectivity index (χ2n) is 7.68. The molecule has 0 spiro atoms. The summed E-state index contributed by atoms with van der Waals surface area (Å²) >= 11 is 1.87. The quantitative estimate of drug-likeness (QED) is 0.914. The molecular formula is C17H28N2OS. The van der Waals surface area contributed by atoms with Crippen LogP contribution in [0.3, 0.4) is 0 Å². The normalized spacial score (nSPS) is 28.0. The van der Waals surface area contributed by atoms with Gasteiger partial charge in [-0.25, -0.2) is 4.98 Å². The van der Waals surface area contributed by atoms with Gasteiger partial charge in [-0.3, -0.25) is 0 Å². The zero-order chi connectivity index (χ0) is 15.2. The number of thiazole rings is 1. The van der Waals surface area contributed by atoms with Crippen LogP contribution in [0.2, 0.25) is 0 Å². The van der Waals surface area contributed by atoms with Gasteiger partial charge in [0.15, 0.2) is 0 Å². The minimum absolute atomic E-state index is 0.139. The lowest BCUT2D eigenvalue weighted by molar-refractivity contribution is 0.0793. The van der Waals surface area contributed by atoms with E-state index in [9.17, 15) is 0 Å². The van der Waals surface area contributed by atoms with Gasteiger partial charge in [-0.15, -0.1) is 11.3 Å². The van der Waals surface area contributed by atoms with Gasteiger partial charge in [0, 0.05) is 29.0 Å². The summed E-state index contributed by atoms with van der Waals surface area (Å²) in [5.74, 6) is 0.810. The molecule has 1 aliphatic carbocycles. The molecule has 4 heteroatoms. The highest BCUT2D eigenvalue weighted by Gasteiger charge is 2.41. The Balaban J connectivity index is 1.70. The number of aromatic nitrogens is 1. The fourth-order valence-corrected chi connectivity index (χ4v) is 4.34. The van der Waals surface area contributed by atoms with E-state index in [0.29, 0.717) is 18.2 Å². The van der Waals surface area contributed by atoms with Crippen molar-refractivity contribution in [1.29, 1.82) is 0 Å². The van der Waals surface area contributed by atoms with Crippen molar-refractivity contribution in [3.8, 4) is 0 Å². The van der Waals surface area contributed by atoms with Crippen molar-refractivity contribution in [2.75, 3.05) is 6.61 Å². The van der Waals surface area contributed by atoms with Crippen molar-refractivity contribution in [1.82, 2.24) is 10.3 Å². The summed E-state index contributed by atoms with van der Waals surface area (Å²) in [5, 5.41) is 5.06. The first-order valence-electron chi connectivity index (χ1n) is 8.21. The SMILES string of the molecule is Cc1nc(C(C)(C)C)sc1C(C)NC1CCOC1C1CC1. The summed E-state index contributed by atoms with van der Waals surface area (Å²) in [4.78, 5) is 6.18. The molecule has 1 saturated heterocycles. The lowest BCUT2D eigenvalue weighted by Crippen LogP contribution is -2.39. The zero-order valence-corrected chi connectivity index (χ0v) is 14.7. The molecule has 3 nitrogen and oxygen atoms in total. The summed E-state index contributed by atoms with van der Waals surface area (Å²) < 4.78 is 5.94. The third-order valence-electron chi connectivity index (χ3n) is 4.55. The highest BCUT2D eigenvalue weighted by molar-refractivity contribution is 7.12. The van der Waals surface area contributed by atoms with Gasteiger partial charge in [-0.1, -0.05) is 20.8 Å². The van der Waals surface area contributed by atoms with Crippen LogP contribution in [-0.2, 0) is 10.2 Å². The minimum Gasteiger partial charge on any atom is -0.376 e. The van der Waals surface area contributed by atoms with E-state index in [1.165, 1.54) is 28.4 Å². The van der Waals surface area contributed by atoms with E-state index in [1.54, 1.807) is 0 Å². The standard InChI is InChI=1S/C17H28N2OS/c1-10(15-11(2)19-16(21-15)17(3,4)5)18-13-8-9-20-14(13)12-6-7-12/h10,12-14,18H,6-9H2,1-5H3. The Morgan fingerprint density at radius 1 is 1.29 bits per heavy atom. The van der Waals surface area contributed by atoms with Gasteiger partial charge < -0.3 is 10.1 Å². The number of rotatable bonds is 4. The van der Waals surface area contributed by atoms with Gasteiger partial charge in [0.1, 0.15) is 0 Å². The van der Waals surface area contributed by atoms with E-state index in [-0.39, 0.29) is 5.41 Å². The first-order chi connectivity index (χ1) is 9.86. The van der Waals surface area contributed by atoms with Crippen LogP contribution in [0.15, 0.2) is 0 Å². The molecule has 21 heavy (non-hydrogen) atoms. The van der Waals surface area contributed by atoms with E-state index >= 15 is 0 Å². The molecule has 1 aromatic rings. The molecule has 2 fully saturated rings. The van der Waals surface area contributed by atoms with E-state index < -0.39 is 0 Å². The van der Waals surface area contributed by atoms with Gasteiger partial charge in [-0.05, 0) is 39.0 Å². The zero-order valence-electron chi connectivity index (χ0n) is 13.9. The van der Waals surface area contributed by atoms with Crippen molar-refractivity contribution >= 4 is 11.3 Å². The molecule has 3 rings (SSSR count). The molecule has 118 valence electrons. The first kappa shape index (κ1) is 15.4. The molecule has 1 aliphatic heterocycles. The molecular weight excluding hydrogens is 280 g/mol. The van der Waals surface area contributed by atoms with Crippen LogP contribution in [0.25, 0.3) is 0 Å². The fraction of sp³-hybridized carbons (Fsp3) is 0.824. The first-order valence-corrected chi connectivity index (χ1v) is 9.03. The number of ether oxygens (including phenoxy) is 1. The van der Waals surface area contributed by atoms with Crippen molar-refractivity contribution in [3.63, 3.8) is 0 Å². The molecule has 3 atom stereocenters. The summed E-state index contributed by atoms with van der Waals surface area (Å²) in [7, 11) is 0. The Bertz CT molecular complexity index is 501. The fourth-order valence-electron chi connectivity index (χ4n) is 3.21. The molecule has 2 aliphatic rings. The third-order valence-corrected chi connectivity index (χ3v) is 6.32. The van der Waals surface area contributed by atoms with E-state index in [4.69, 9.17) is 9.72 Å². The maximum absolute atomic E-state index is 5.94. The molecule has 2 heterocycles.